The average Bonchev–Trinajstić information content (AvgIpc) is 2.40. The van der Waals surface area contributed by atoms with Crippen LogP contribution in [0, 0.1) is 0 Å². The highest BCUT2D eigenvalue weighted by Crippen LogP contribution is 2.31. The molecule has 5 heteroatoms. The smallest absolute Gasteiger partial charge is 0.339 e. The summed E-state index contributed by atoms with van der Waals surface area (Å²) in [6.07, 6.45) is 0. The molecular formula is C13H11BrO3S. The second-order valence-corrected chi connectivity index (χ2v) is 5.31. The number of rotatable bonds is 4. The molecule has 18 heavy (non-hydrogen) atoms. The Labute approximate surface area is 117 Å². The third-order valence-corrected chi connectivity index (χ3v) is 4.11. The van der Waals surface area contributed by atoms with Gasteiger partial charge in [0.15, 0.2) is 0 Å². The standard InChI is InChI=1S/C13H11BrO3S/c1-16-10-7-12(15)17-11(13(10)14)8-18-9-5-3-2-4-6-9/h2-7H,8H2,1H3. The lowest BCUT2D eigenvalue weighted by atomic mass is 10.4. The van der Waals surface area contributed by atoms with Crippen molar-refractivity contribution in [2.45, 2.75) is 10.6 Å². The van der Waals surface area contributed by atoms with Crippen LogP contribution in [-0.2, 0) is 5.75 Å². The molecule has 1 aromatic carbocycles. The molecular weight excluding hydrogens is 316 g/mol. The summed E-state index contributed by atoms with van der Waals surface area (Å²) in [5, 5.41) is 0. The third kappa shape index (κ3) is 3.17. The molecule has 3 nitrogen and oxygen atoms in total. The van der Waals surface area contributed by atoms with Crippen molar-refractivity contribution in [3.8, 4) is 5.75 Å². The molecule has 0 saturated carbocycles. The molecule has 2 rings (SSSR count). The minimum absolute atomic E-state index is 0.404. The predicted molar refractivity (Wildman–Crippen MR) is 75.2 cm³/mol. The van der Waals surface area contributed by atoms with E-state index in [0.717, 1.165) is 4.90 Å². The molecule has 0 aliphatic heterocycles. The summed E-state index contributed by atoms with van der Waals surface area (Å²) >= 11 is 4.98. The molecule has 0 spiro atoms. The number of thioether (sulfide) groups is 1. The van der Waals surface area contributed by atoms with E-state index in [1.807, 2.05) is 30.3 Å². The Morgan fingerprint density at radius 2 is 2.06 bits per heavy atom. The number of benzene rings is 1. The van der Waals surface area contributed by atoms with Gasteiger partial charge in [0.2, 0.25) is 0 Å². The van der Waals surface area contributed by atoms with Crippen LogP contribution in [0.25, 0.3) is 0 Å². The molecule has 0 aliphatic carbocycles. The van der Waals surface area contributed by atoms with Gasteiger partial charge in [0.25, 0.3) is 0 Å². The number of hydrogen-bond donors (Lipinski definition) is 0. The Morgan fingerprint density at radius 3 is 2.72 bits per heavy atom. The highest BCUT2D eigenvalue weighted by molar-refractivity contribution is 9.10. The average molecular weight is 327 g/mol. The van der Waals surface area contributed by atoms with Gasteiger partial charge in [-0.25, -0.2) is 4.79 Å². The van der Waals surface area contributed by atoms with Gasteiger partial charge in [-0.05, 0) is 28.1 Å². The molecule has 94 valence electrons. The van der Waals surface area contributed by atoms with Crippen LogP contribution in [-0.4, -0.2) is 7.11 Å². The normalized spacial score (nSPS) is 10.3. The summed E-state index contributed by atoms with van der Waals surface area (Å²) in [7, 11) is 1.52. The lowest BCUT2D eigenvalue weighted by molar-refractivity contribution is 0.391. The molecule has 0 radical (unpaired) electrons. The Bertz CT molecular complexity index is 581. The van der Waals surface area contributed by atoms with Crippen LogP contribution in [0.2, 0.25) is 0 Å². The zero-order valence-electron chi connectivity index (χ0n) is 9.68. The van der Waals surface area contributed by atoms with Crippen molar-refractivity contribution in [2.75, 3.05) is 7.11 Å². The van der Waals surface area contributed by atoms with Crippen LogP contribution in [0.4, 0.5) is 0 Å². The van der Waals surface area contributed by atoms with Crippen molar-refractivity contribution >= 4 is 27.7 Å². The Kier molecular flexibility index (Phi) is 4.49. The number of halogens is 1. The fraction of sp³-hybridized carbons (Fsp3) is 0.154. The van der Waals surface area contributed by atoms with Crippen LogP contribution < -0.4 is 10.4 Å². The van der Waals surface area contributed by atoms with Crippen molar-refractivity contribution in [1.82, 2.24) is 0 Å². The summed E-state index contributed by atoms with van der Waals surface area (Å²) < 4.78 is 11.0. The molecule has 0 saturated heterocycles. The second kappa shape index (κ2) is 6.11. The third-order valence-electron chi connectivity index (χ3n) is 2.27. The number of methoxy groups -OCH3 is 1. The van der Waals surface area contributed by atoms with Gasteiger partial charge in [-0.15, -0.1) is 11.8 Å². The van der Waals surface area contributed by atoms with Gasteiger partial charge < -0.3 is 9.15 Å². The molecule has 0 atom stereocenters. The lowest BCUT2D eigenvalue weighted by Gasteiger charge is -2.06. The molecule has 0 fully saturated rings. The molecule has 0 unspecified atom stereocenters. The van der Waals surface area contributed by atoms with Crippen molar-refractivity contribution in [2.24, 2.45) is 0 Å². The van der Waals surface area contributed by atoms with Crippen LogP contribution in [0.5, 0.6) is 5.75 Å². The number of ether oxygens (including phenoxy) is 1. The van der Waals surface area contributed by atoms with Crippen LogP contribution in [0.15, 0.2) is 55.0 Å². The molecule has 2 aromatic rings. The molecule has 0 bridgehead atoms. The summed E-state index contributed by atoms with van der Waals surface area (Å²) in [6.45, 7) is 0. The van der Waals surface area contributed by atoms with Crippen molar-refractivity contribution in [1.29, 1.82) is 0 Å². The first-order valence-corrected chi connectivity index (χ1v) is 7.03. The van der Waals surface area contributed by atoms with Gasteiger partial charge in [0.1, 0.15) is 11.5 Å². The van der Waals surface area contributed by atoms with Crippen molar-refractivity contribution < 1.29 is 9.15 Å². The quantitative estimate of drug-likeness (QED) is 0.803. The van der Waals surface area contributed by atoms with Gasteiger partial charge in [-0.3, -0.25) is 0 Å². The van der Waals surface area contributed by atoms with E-state index in [9.17, 15) is 4.79 Å². The fourth-order valence-corrected chi connectivity index (χ4v) is 2.94. The zero-order chi connectivity index (χ0) is 13.0. The van der Waals surface area contributed by atoms with Crippen molar-refractivity contribution in [3.05, 3.63) is 57.1 Å². The van der Waals surface area contributed by atoms with E-state index < -0.39 is 5.63 Å². The van der Waals surface area contributed by atoms with E-state index in [4.69, 9.17) is 9.15 Å². The van der Waals surface area contributed by atoms with Gasteiger partial charge in [-0.1, -0.05) is 18.2 Å². The topological polar surface area (TPSA) is 39.4 Å². The molecule has 0 N–H and O–H groups in total. The SMILES string of the molecule is COc1cc(=O)oc(CSc2ccccc2)c1Br. The first-order chi connectivity index (χ1) is 8.70. The maximum atomic E-state index is 11.4. The summed E-state index contributed by atoms with van der Waals surface area (Å²) in [6, 6.07) is 11.2. The van der Waals surface area contributed by atoms with E-state index in [1.165, 1.54) is 13.2 Å². The van der Waals surface area contributed by atoms with Crippen molar-refractivity contribution in [3.63, 3.8) is 0 Å². The van der Waals surface area contributed by atoms with Crippen LogP contribution >= 0.6 is 27.7 Å². The van der Waals surface area contributed by atoms with E-state index in [1.54, 1.807) is 11.8 Å². The monoisotopic (exact) mass is 326 g/mol. The Hall–Kier alpha value is -1.20. The van der Waals surface area contributed by atoms with Crippen LogP contribution in [0.3, 0.4) is 0 Å². The van der Waals surface area contributed by atoms with E-state index in [2.05, 4.69) is 15.9 Å². The zero-order valence-corrected chi connectivity index (χ0v) is 12.1. The number of hydrogen-bond acceptors (Lipinski definition) is 4. The summed E-state index contributed by atoms with van der Waals surface area (Å²) in [4.78, 5) is 12.5. The minimum atomic E-state index is -0.404. The Morgan fingerprint density at radius 1 is 1.33 bits per heavy atom. The fourth-order valence-electron chi connectivity index (χ4n) is 1.41. The lowest BCUT2D eigenvalue weighted by Crippen LogP contribution is -2.02. The first kappa shape index (κ1) is 13.2. The van der Waals surface area contributed by atoms with Gasteiger partial charge in [0.05, 0.1) is 23.4 Å². The minimum Gasteiger partial charge on any atom is -0.495 e. The van der Waals surface area contributed by atoms with E-state index in [-0.39, 0.29) is 0 Å². The van der Waals surface area contributed by atoms with Crippen LogP contribution in [0.1, 0.15) is 5.76 Å². The highest BCUT2D eigenvalue weighted by Gasteiger charge is 2.11. The molecule has 0 amide bonds. The molecule has 1 heterocycles. The Balaban J connectivity index is 2.19. The van der Waals surface area contributed by atoms with Gasteiger partial charge >= 0.3 is 5.63 Å². The predicted octanol–water partition coefficient (Wildman–Crippen LogP) is 3.70. The largest absolute Gasteiger partial charge is 0.495 e. The van der Waals surface area contributed by atoms with Gasteiger partial charge in [0, 0.05) is 4.90 Å². The summed E-state index contributed by atoms with van der Waals surface area (Å²) in [5.41, 5.74) is -0.404. The highest BCUT2D eigenvalue weighted by atomic mass is 79.9. The first-order valence-electron chi connectivity index (χ1n) is 5.25. The maximum absolute atomic E-state index is 11.4. The van der Waals surface area contributed by atoms with Gasteiger partial charge in [-0.2, -0.15) is 0 Å². The molecule has 1 aromatic heterocycles. The maximum Gasteiger partial charge on any atom is 0.339 e. The molecule has 0 aliphatic rings. The second-order valence-electron chi connectivity index (χ2n) is 3.47. The van der Waals surface area contributed by atoms with E-state index >= 15 is 0 Å². The summed E-state index contributed by atoms with van der Waals surface area (Å²) in [5.74, 6) is 1.64. The van der Waals surface area contributed by atoms with E-state index in [0.29, 0.717) is 21.7 Å².